The minimum absolute atomic E-state index is 0.000418. The molecule has 186 valence electrons. The third-order valence-electron chi connectivity index (χ3n) is 6.44. The zero-order valence-corrected chi connectivity index (χ0v) is 20.2. The van der Waals surface area contributed by atoms with Gasteiger partial charge in [-0.15, -0.1) is 0 Å². The third kappa shape index (κ3) is 6.33. The van der Waals surface area contributed by atoms with Gasteiger partial charge < -0.3 is 30.2 Å². The molecule has 2 aromatic rings. The summed E-state index contributed by atoms with van der Waals surface area (Å²) in [4.78, 5) is 39.5. The standard InChI is InChI=1S/C25H33N7O3/c1-30-12-14-31(15-13-30)23(34)18-35-20-8-6-19(7-9-20)27-24-21(17-33)22(16-26)28-25(29-24)32-10-4-2-3-5-11-32/h6-9,16-17,26H,2-5,10-15,18H2,1H3,(H,27,28,29). The number of anilines is 3. The Hall–Kier alpha value is -3.53. The second-order valence-electron chi connectivity index (χ2n) is 8.96. The highest BCUT2D eigenvalue weighted by Crippen LogP contribution is 2.25. The normalized spacial score (nSPS) is 16.9. The van der Waals surface area contributed by atoms with E-state index in [1.165, 1.54) is 12.8 Å². The van der Waals surface area contributed by atoms with Crippen molar-refractivity contribution >= 4 is 35.9 Å². The predicted octanol–water partition coefficient (Wildman–Crippen LogP) is 2.56. The van der Waals surface area contributed by atoms with Gasteiger partial charge in [-0.3, -0.25) is 9.59 Å². The first kappa shape index (κ1) is 24.6. The van der Waals surface area contributed by atoms with E-state index in [1.54, 1.807) is 12.1 Å². The van der Waals surface area contributed by atoms with Gasteiger partial charge in [0, 0.05) is 51.2 Å². The molecular formula is C25H33N7O3. The molecule has 0 unspecified atom stereocenters. The quantitative estimate of drug-likeness (QED) is 0.439. The van der Waals surface area contributed by atoms with Crippen LogP contribution in [-0.4, -0.2) is 91.1 Å². The van der Waals surface area contributed by atoms with Crippen molar-refractivity contribution in [2.75, 3.05) is 63.1 Å². The van der Waals surface area contributed by atoms with E-state index in [0.29, 0.717) is 35.2 Å². The van der Waals surface area contributed by atoms with Crippen molar-refractivity contribution in [2.45, 2.75) is 25.7 Å². The number of hydrogen-bond acceptors (Lipinski definition) is 9. The third-order valence-corrected chi connectivity index (χ3v) is 6.44. The summed E-state index contributed by atoms with van der Waals surface area (Å²) in [5.41, 5.74) is 1.25. The van der Waals surface area contributed by atoms with Crippen molar-refractivity contribution in [1.29, 1.82) is 5.41 Å². The van der Waals surface area contributed by atoms with Crippen molar-refractivity contribution in [3.63, 3.8) is 0 Å². The summed E-state index contributed by atoms with van der Waals surface area (Å²) in [6.07, 6.45) is 6.27. The van der Waals surface area contributed by atoms with Crippen molar-refractivity contribution in [1.82, 2.24) is 19.8 Å². The molecule has 10 heteroatoms. The predicted molar refractivity (Wildman–Crippen MR) is 135 cm³/mol. The van der Waals surface area contributed by atoms with Crippen LogP contribution in [0.5, 0.6) is 5.75 Å². The van der Waals surface area contributed by atoms with E-state index >= 15 is 0 Å². The van der Waals surface area contributed by atoms with Gasteiger partial charge in [0.05, 0.1) is 11.3 Å². The monoisotopic (exact) mass is 479 g/mol. The number of aldehydes is 1. The Labute approximate surface area is 205 Å². The molecule has 3 heterocycles. The molecule has 0 radical (unpaired) electrons. The molecule has 35 heavy (non-hydrogen) atoms. The molecule has 2 aliphatic rings. The van der Waals surface area contributed by atoms with Crippen LogP contribution in [0.1, 0.15) is 41.7 Å². The van der Waals surface area contributed by atoms with Crippen LogP contribution in [0, 0.1) is 5.41 Å². The Balaban J connectivity index is 1.43. The average Bonchev–Trinajstić information content (AvgIpc) is 3.18. The van der Waals surface area contributed by atoms with Crippen molar-refractivity contribution < 1.29 is 14.3 Å². The second kappa shape index (κ2) is 11.7. The molecule has 2 N–H and O–H groups in total. The number of rotatable bonds is 8. The average molecular weight is 480 g/mol. The lowest BCUT2D eigenvalue weighted by atomic mass is 10.2. The number of likely N-dealkylation sites (N-methyl/N-ethyl adjacent to an activating group) is 1. The number of aromatic nitrogens is 2. The van der Waals surface area contributed by atoms with Gasteiger partial charge in [0.1, 0.15) is 11.6 Å². The molecule has 0 atom stereocenters. The molecule has 0 spiro atoms. The minimum Gasteiger partial charge on any atom is -0.484 e. The molecule has 1 aromatic carbocycles. The van der Waals surface area contributed by atoms with Crippen LogP contribution in [0.15, 0.2) is 24.3 Å². The van der Waals surface area contributed by atoms with Gasteiger partial charge in [-0.2, -0.15) is 4.98 Å². The highest BCUT2D eigenvalue weighted by atomic mass is 16.5. The lowest BCUT2D eigenvalue weighted by Crippen LogP contribution is -2.48. The molecule has 1 aromatic heterocycles. The number of carbonyl (C=O) groups excluding carboxylic acids is 2. The maximum Gasteiger partial charge on any atom is 0.260 e. The largest absolute Gasteiger partial charge is 0.484 e. The zero-order valence-electron chi connectivity index (χ0n) is 20.2. The highest BCUT2D eigenvalue weighted by Gasteiger charge is 2.20. The summed E-state index contributed by atoms with van der Waals surface area (Å²) in [6, 6.07) is 7.16. The molecule has 0 saturated carbocycles. The number of nitrogens with one attached hydrogen (secondary N) is 2. The number of piperazine rings is 1. The first-order chi connectivity index (χ1) is 17.1. The van der Waals surface area contributed by atoms with E-state index in [2.05, 4.69) is 32.1 Å². The van der Waals surface area contributed by atoms with Gasteiger partial charge in [0.2, 0.25) is 5.95 Å². The van der Waals surface area contributed by atoms with Crippen LogP contribution >= 0.6 is 0 Å². The van der Waals surface area contributed by atoms with E-state index in [9.17, 15) is 9.59 Å². The molecule has 1 amide bonds. The molecule has 4 rings (SSSR count). The van der Waals surface area contributed by atoms with E-state index in [1.807, 2.05) is 17.0 Å². The van der Waals surface area contributed by atoms with Gasteiger partial charge in [-0.25, -0.2) is 4.98 Å². The summed E-state index contributed by atoms with van der Waals surface area (Å²) >= 11 is 0. The fraction of sp³-hybridized carbons (Fsp3) is 0.480. The molecule has 2 aliphatic heterocycles. The molecule has 10 nitrogen and oxygen atoms in total. The van der Waals surface area contributed by atoms with Gasteiger partial charge in [-0.1, -0.05) is 12.8 Å². The Morgan fingerprint density at radius 3 is 2.34 bits per heavy atom. The fourth-order valence-corrected chi connectivity index (χ4v) is 4.27. The summed E-state index contributed by atoms with van der Waals surface area (Å²) in [5, 5.41) is 10.9. The lowest BCUT2D eigenvalue weighted by Gasteiger charge is -2.32. The number of carbonyl (C=O) groups is 2. The first-order valence-corrected chi connectivity index (χ1v) is 12.2. The highest BCUT2D eigenvalue weighted by molar-refractivity contribution is 5.95. The van der Waals surface area contributed by atoms with Crippen LogP contribution in [0.2, 0.25) is 0 Å². The SMILES string of the molecule is CN1CCN(C(=O)COc2ccc(Nc3nc(N4CCCCCC4)nc(C=N)c3C=O)cc2)CC1. The molecular weight excluding hydrogens is 446 g/mol. The van der Waals surface area contributed by atoms with Crippen molar-refractivity contribution in [3.05, 3.63) is 35.5 Å². The van der Waals surface area contributed by atoms with E-state index < -0.39 is 0 Å². The number of nitrogens with zero attached hydrogens (tertiary/aromatic N) is 5. The Kier molecular flexibility index (Phi) is 8.25. The lowest BCUT2D eigenvalue weighted by molar-refractivity contribution is -0.134. The summed E-state index contributed by atoms with van der Waals surface area (Å²) in [6.45, 7) is 4.90. The van der Waals surface area contributed by atoms with E-state index in [-0.39, 0.29) is 18.1 Å². The van der Waals surface area contributed by atoms with Gasteiger partial charge >= 0.3 is 0 Å². The number of ether oxygens (including phenoxy) is 1. The Morgan fingerprint density at radius 1 is 1.03 bits per heavy atom. The Bertz CT molecular complexity index is 1030. The van der Waals surface area contributed by atoms with Gasteiger partial charge in [-0.05, 0) is 44.2 Å². The zero-order chi connectivity index (χ0) is 24.6. The topological polar surface area (TPSA) is 115 Å². The van der Waals surface area contributed by atoms with Crippen molar-refractivity contribution in [2.24, 2.45) is 0 Å². The molecule has 2 saturated heterocycles. The number of amides is 1. The maximum atomic E-state index is 12.4. The van der Waals surface area contributed by atoms with Crippen LogP contribution < -0.4 is 15.0 Å². The van der Waals surface area contributed by atoms with Crippen LogP contribution in [0.4, 0.5) is 17.5 Å². The Morgan fingerprint density at radius 2 is 1.71 bits per heavy atom. The van der Waals surface area contributed by atoms with Gasteiger partial charge in [0.25, 0.3) is 5.91 Å². The van der Waals surface area contributed by atoms with Crippen LogP contribution in [0.25, 0.3) is 0 Å². The van der Waals surface area contributed by atoms with E-state index in [0.717, 1.165) is 58.3 Å². The van der Waals surface area contributed by atoms with Gasteiger partial charge in [0.15, 0.2) is 12.9 Å². The number of benzene rings is 1. The molecule has 0 aliphatic carbocycles. The van der Waals surface area contributed by atoms with E-state index in [4.69, 9.17) is 10.1 Å². The minimum atomic E-state index is -0.0165. The second-order valence-corrected chi connectivity index (χ2v) is 8.96. The van der Waals surface area contributed by atoms with Crippen LogP contribution in [0.3, 0.4) is 0 Å². The van der Waals surface area contributed by atoms with Crippen molar-refractivity contribution in [3.8, 4) is 5.75 Å². The molecule has 0 bridgehead atoms. The summed E-state index contributed by atoms with van der Waals surface area (Å²) in [7, 11) is 2.05. The van der Waals surface area contributed by atoms with Crippen LogP contribution in [-0.2, 0) is 4.79 Å². The smallest absolute Gasteiger partial charge is 0.260 e. The first-order valence-electron chi connectivity index (χ1n) is 12.2. The summed E-state index contributed by atoms with van der Waals surface area (Å²) < 4.78 is 5.69. The molecule has 2 fully saturated rings. The summed E-state index contributed by atoms with van der Waals surface area (Å²) in [5.74, 6) is 1.46. The fourth-order valence-electron chi connectivity index (χ4n) is 4.27. The number of hydrogen-bond donors (Lipinski definition) is 2. The maximum absolute atomic E-state index is 12.4.